The van der Waals surface area contributed by atoms with Gasteiger partial charge in [-0.1, -0.05) is 36.7 Å². The normalized spacial score (nSPS) is 35.8. The lowest BCUT2D eigenvalue weighted by atomic mass is 9.68. The number of halogens is 1. The molecule has 43 heavy (non-hydrogen) atoms. The maximum Gasteiger partial charge on any atom is 0.264 e. The van der Waals surface area contributed by atoms with Crippen LogP contribution in [0.2, 0.25) is 5.02 Å². The number of hydrogen-bond acceptors (Lipinski definition) is 7. The SMILES string of the molecule is C[C@H]1/C=C\[C@H](O)[C@@H]2CC[C@H]2CN2C[C@@]3(CCCc4cc(Cl)ccc43)COc3ccc(cc32)C(=O)NS(=O)(=O)[C@@H]2COC[C@H]21. The van der Waals surface area contributed by atoms with Crippen molar-refractivity contribution in [1.29, 1.82) is 0 Å². The minimum absolute atomic E-state index is 0.0271. The van der Waals surface area contributed by atoms with Crippen molar-refractivity contribution >= 4 is 33.2 Å². The van der Waals surface area contributed by atoms with E-state index in [1.807, 2.05) is 25.1 Å². The molecule has 2 aromatic carbocycles. The Morgan fingerprint density at radius 2 is 1.95 bits per heavy atom. The number of nitrogens with one attached hydrogen (secondary N) is 1. The lowest BCUT2D eigenvalue weighted by Crippen LogP contribution is -2.49. The number of amides is 1. The Morgan fingerprint density at radius 3 is 2.77 bits per heavy atom. The molecule has 2 N–H and O–H groups in total. The first-order valence-corrected chi connectivity index (χ1v) is 17.4. The molecule has 10 heteroatoms. The molecule has 1 saturated carbocycles. The van der Waals surface area contributed by atoms with Gasteiger partial charge in [0.15, 0.2) is 0 Å². The summed E-state index contributed by atoms with van der Waals surface area (Å²) in [6.45, 7) is 4.14. The van der Waals surface area contributed by atoms with Gasteiger partial charge in [-0.2, -0.15) is 0 Å². The number of rotatable bonds is 0. The van der Waals surface area contributed by atoms with Crippen molar-refractivity contribution in [3.8, 4) is 5.75 Å². The third-order valence-electron chi connectivity index (χ3n) is 10.7. The maximum absolute atomic E-state index is 13.5. The largest absolute Gasteiger partial charge is 0.490 e. The Kier molecular flexibility index (Phi) is 7.51. The molecule has 0 radical (unpaired) electrons. The molecule has 2 fully saturated rings. The number of aliphatic hydroxyl groups excluding tert-OH is 1. The number of nitrogens with zero attached hydrogens (tertiary/aromatic N) is 1. The molecule has 230 valence electrons. The van der Waals surface area contributed by atoms with Crippen LogP contribution in [0.5, 0.6) is 5.75 Å². The summed E-state index contributed by atoms with van der Waals surface area (Å²) in [7, 11) is -4.02. The fraction of sp³-hybridized carbons (Fsp3) is 0.545. The standard InChI is InChI=1S/C33H39ClN2O6S/c1-20-4-10-29(37)25-8-5-23(25)15-36-18-33(12-2-3-21-13-24(34)7-9-27(21)33)19-42-30-11-6-22(14-28(30)36)32(38)35-43(39,40)31-17-41-16-26(20)31/h4,6-7,9-11,13-14,20,23,25-26,29,31,37H,2-3,5,8,12,15-19H2,1H3,(H,35,38)/b10-4-/t20-,23-,25+,26-,29-,31+,33-/m0/s1. The number of benzene rings is 2. The lowest BCUT2D eigenvalue weighted by molar-refractivity contribution is 0.0453. The summed E-state index contributed by atoms with van der Waals surface area (Å²) < 4.78 is 41.4. The Hall–Kier alpha value is -2.59. The van der Waals surface area contributed by atoms with Crippen molar-refractivity contribution in [1.82, 2.24) is 4.72 Å². The molecule has 8 nitrogen and oxygen atoms in total. The van der Waals surface area contributed by atoms with Crippen LogP contribution < -0.4 is 14.4 Å². The number of sulfonamides is 1. The zero-order valence-corrected chi connectivity index (χ0v) is 25.9. The van der Waals surface area contributed by atoms with Crippen LogP contribution in [0.3, 0.4) is 0 Å². The molecule has 1 spiro atoms. The average Bonchev–Trinajstić information content (AvgIpc) is 3.42. The predicted molar refractivity (Wildman–Crippen MR) is 165 cm³/mol. The van der Waals surface area contributed by atoms with E-state index < -0.39 is 27.3 Å². The number of carbonyl (C=O) groups is 1. The van der Waals surface area contributed by atoms with Gasteiger partial charge in [-0.15, -0.1) is 0 Å². The first kappa shape index (κ1) is 29.1. The highest BCUT2D eigenvalue weighted by molar-refractivity contribution is 7.90. The summed E-state index contributed by atoms with van der Waals surface area (Å²) in [5.74, 6) is -0.0826. The molecule has 3 heterocycles. The molecule has 2 aliphatic carbocycles. The zero-order chi connectivity index (χ0) is 29.9. The molecule has 2 bridgehead atoms. The Bertz CT molecular complexity index is 1560. The van der Waals surface area contributed by atoms with Crippen LogP contribution in [0, 0.1) is 23.7 Å². The highest BCUT2D eigenvalue weighted by Crippen LogP contribution is 2.47. The van der Waals surface area contributed by atoms with Crippen LogP contribution in [0.1, 0.15) is 54.1 Å². The van der Waals surface area contributed by atoms with E-state index in [-0.39, 0.29) is 47.9 Å². The van der Waals surface area contributed by atoms with E-state index in [1.54, 1.807) is 18.2 Å². The minimum Gasteiger partial charge on any atom is -0.490 e. The second kappa shape index (κ2) is 11.1. The summed E-state index contributed by atoms with van der Waals surface area (Å²) in [6, 6.07) is 11.4. The van der Waals surface area contributed by atoms with Crippen LogP contribution >= 0.6 is 11.6 Å². The number of aliphatic hydroxyl groups is 1. The van der Waals surface area contributed by atoms with Gasteiger partial charge in [0.1, 0.15) is 11.0 Å². The van der Waals surface area contributed by atoms with Crippen LogP contribution in [-0.2, 0) is 26.6 Å². The van der Waals surface area contributed by atoms with Crippen molar-refractivity contribution in [3.63, 3.8) is 0 Å². The van der Waals surface area contributed by atoms with E-state index in [0.717, 1.165) is 42.8 Å². The van der Waals surface area contributed by atoms with Crippen molar-refractivity contribution in [2.45, 2.75) is 55.8 Å². The summed E-state index contributed by atoms with van der Waals surface area (Å²) in [5.41, 5.74) is 3.28. The highest BCUT2D eigenvalue weighted by atomic mass is 35.5. The molecule has 1 amide bonds. The van der Waals surface area contributed by atoms with Gasteiger partial charge in [0, 0.05) is 35.0 Å². The number of hydrogen-bond donors (Lipinski definition) is 2. The van der Waals surface area contributed by atoms with E-state index >= 15 is 0 Å². The average molecular weight is 627 g/mol. The van der Waals surface area contributed by atoms with Gasteiger partial charge in [0.2, 0.25) is 10.0 Å². The van der Waals surface area contributed by atoms with E-state index in [2.05, 4.69) is 21.8 Å². The van der Waals surface area contributed by atoms with E-state index in [9.17, 15) is 18.3 Å². The number of fused-ring (bicyclic) bond motifs is 5. The molecular weight excluding hydrogens is 588 g/mol. The van der Waals surface area contributed by atoms with Gasteiger partial charge < -0.3 is 19.5 Å². The second-order valence-electron chi connectivity index (χ2n) is 13.2. The third-order valence-corrected chi connectivity index (χ3v) is 12.6. The first-order valence-electron chi connectivity index (χ1n) is 15.4. The minimum atomic E-state index is -4.02. The molecule has 1 saturated heterocycles. The summed E-state index contributed by atoms with van der Waals surface area (Å²) in [5, 5.41) is 11.1. The number of anilines is 1. The quantitative estimate of drug-likeness (QED) is 0.416. The molecule has 2 aromatic rings. The van der Waals surface area contributed by atoms with Crippen molar-refractivity contribution in [2.75, 3.05) is 37.8 Å². The summed E-state index contributed by atoms with van der Waals surface area (Å²) in [4.78, 5) is 15.8. The van der Waals surface area contributed by atoms with Crippen LogP contribution in [0.4, 0.5) is 5.69 Å². The number of carbonyl (C=O) groups excluding carboxylic acids is 1. The smallest absolute Gasteiger partial charge is 0.264 e. The predicted octanol–water partition coefficient (Wildman–Crippen LogP) is 4.48. The summed E-state index contributed by atoms with van der Waals surface area (Å²) >= 11 is 6.39. The van der Waals surface area contributed by atoms with Gasteiger partial charge in [0.05, 0.1) is 31.6 Å². The third kappa shape index (κ3) is 5.26. The molecule has 0 aromatic heterocycles. The Balaban J connectivity index is 1.30. The fourth-order valence-electron chi connectivity index (χ4n) is 8.01. The molecular formula is C33H39ClN2O6S. The maximum atomic E-state index is 13.5. The van der Waals surface area contributed by atoms with Gasteiger partial charge in [-0.05, 0) is 91.3 Å². The van der Waals surface area contributed by atoms with Gasteiger partial charge in [-0.3, -0.25) is 4.79 Å². The van der Waals surface area contributed by atoms with Crippen molar-refractivity contribution in [2.24, 2.45) is 23.7 Å². The number of ether oxygens (including phenoxy) is 2. The molecule has 0 unspecified atom stereocenters. The number of aryl methyl sites for hydroxylation is 1. The highest BCUT2D eigenvalue weighted by Gasteiger charge is 2.45. The molecule has 3 aliphatic heterocycles. The monoisotopic (exact) mass is 626 g/mol. The number of allylic oxidation sites excluding steroid dienone is 1. The lowest BCUT2D eigenvalue weighted by Gasteiger charge is -2.45. The Morgan fingerprint density at radius 1 is 1.09 bits per heavy atom. The van der Waals surface area contributed by atoms with Gasteiger partial charge in [-0.25, -0.2) is 13.1 Å². The topological polar surface area (TPSA) is 105 Å². The van der Waals surface area contributed by atoms with Crippen LogP contribution in [0.15, 0.2) is 48.6 Å². The van der Waals surface area contributed by atoms with Gasteiger partial charge >= 0.3 is 0 Å². The van der Waals surface area contributed by atoms with E-state index in [0.29, 0.717) is 25.4 Å². The molecule has 7 atom stereocenters. The second-order valence-corrected chi connectivity index (χ2v) is 15.6. The first-order chi connectivity index (χ1) is 20.6. The van der Waals surface area contributed by atoms with Gasteiger partial charge in [0.25, 0.3) is 5.91 Å². The Labute approximate surface area is 258 Å². The molecule has 5 aliphatic rings. The van der Waals surface area contributed by atoms with Crippen LogP contribution in [-0.4, -0.2) is 63.7 Å². The zero-order valence-electron chi connectivity index (χ0n) is 24.4. The van der Waals surface area contributed by atoms with Crippen molar-refractivity contribution in [3.05, 3.63) is 70.3 Å². The van der Waals surface area contributed by atoms with Crippen LogP contribution in [0.25, 0.3) is 0 Å². The van der Waals surface area contributed by atoms with E-state index in [1.165, 1.54) is 11.1 Å². The summed E-state index contributed by atoms with van der Waals surface area (Å²) in [6.07, 6.45) is 8.04. The van der Waals surface area contributed by atoms with E-state index in [4.69, 9.17) is 21.1 Å². The molecule has 7 rings (SSSR count). The van der Waals surface area contributed by atoms with Crippen molar-refractivity contribution < 1.29 is 27.8 Å². The fourth-order valence-corrected chi connectivity index (χ4v) is 9.79.